The molecule has 1 heterocycles. The van der Waals surface area contributed by atoms with E-state index >= 15 is 0 Å². The van der Waals surface area contributed by atoms with E-state index in [1.54, 1.807) is 0 Å². The van der Waals surface area contributed by atoms with Crippen molar-refractivity contribution in [2.75, 3.05) is 19.7 Å². The fourth-order valence-corrected chi connectivity index (χ4v) is 1.21. The lowest BCUT2D eigenvalue weighted by molar-refractivity contribution is 0.0227. The Morgan fingerprint density at radius 3 is 3.18 bits per heavy atom. The van der Waals surface area contributed by atoms with E-state index in [9.17, 15) is 0 Å². The molecule has 0 radical (unpaired) electrons. The van der Waals surface area contributed by atoms with Crippen LogP contribution in [0.25, 0.3) is 0 Å². The van der Waals surface area contributed by atoms with Crippen LogP contribution in [0, 0.1) is 11.3 Å². The Morgan fingerprint density at radius 1 is 1.64 bits per heavy atom. The van der Waals surface area contributed by atoms with Crippen LogP contribution in [0.4, 0.5) is 0 Å². The molecule has 62 valence electrons. The SMILES string of the molecule is N#CCCCC1CNCCO1. The summed E-state index contributed by atoms with van der Waals surface area (Å²) in [4.78, 5) is 0. The van der Waals surface area contributed by atoms with Crippen LogP contribution in [0.2, 0.25) is 0 Å². The summed E-state index contributed by atoms with van der Waals surface area (Å²) in [5.41, 5.74) is 0. The van der Waals surface area contributed by atoms with Crippen LogP contribution < -0.4 is 5.32 Å². The minimum absolute atomic E-state index is 0.345. The monoisotopic (exact) mass is 154 g/mol. The number of unbranched alkanes of at least 4 members (excludes halogenated alkanes) is 1. The highest BCUT2D eigenvalue weighted by molar-refractivity contribution is 4.72. The van der Waals surface area contributed by atoms with Crippen LogP contribution >= 0.6 is 0 Å². The first-order chi connectivity index (χ1) is 5.43. The third-order valence-electron chi connectivity index (χ3n) is 1.82. The van der Waals surface area contributed by atoms with Gasteiger partial charge in [-0.15, -0.1) is 0 Å². The summed E-state index contributed by atoms with van der Waals surface area (Å²) in [5.74, 6) is 0. The third-order valence-corrected chi connectivity index (χ3v) is 1.82. The Kier molecular flexibility index (Phi) is 3.95. The molecule has 0 bridgehead atoms. The van der Waals surface area contributed by atoms with Gasteiger partial charge >= 0.3 is 0 Å². The second kappa shape index (κ2) is 5.11. The molecule has 1 aliphatic heterocycles. The topological polar surface area (TPSA) is 45.0 Å². The number of morpholine rings is 1. The lowest BCUT2D eigenvalue weighted by atomic mass is 10.1. The van der Waals surface area contributed by atoms with Crippen molar-refractivity contribution in [3.05, 3.63) is 0 Å². The smallest absolute Gasteiger partial charge is 0.0700 e. The highest BCUT2D eigenvalue weighted by Crippen LogP contribution is 2.05. The molecule has 1 atom stereocenters. The second-order valence-electron chi connectivity index (χ2n) is 2.75. The maximum Gasteiger partial charge on any atom is 0.0700 e. The maximum absolute atomic E-state index is 8.29. The molecular weight excluding hydrogens is 140 g/mol. The molecule has 3 nitrogen and oxygen atoms in total. The van der Waals surface area contributed by atoms with Gasteiger partial charge in [-0.3, -0.25) is 0 Å². The van der Waals surface area contributed by atoms with Gasteiger partial charge in [-0.2, -0.15) is 5.26 Å². The molecule has 0 aromatic rings. The molecule has 3 heteroatoms. The van der Waals surface area contributed by atoms with E-state index in [2.05, 4.69) is 11.4 Å². The van der Waals surface area contributed by atoms with Gasteiger partial charge in [-0.1, -0.05) is 0 Å². The zero-order valence-corrected chi connectivity index (χ0v) is 6.68. The van der Waals surface area contributed by atoms with Gasteiger partial charge in [0, 0.05) is 19.5 Å². The van der Waals surface area contributed by atoms with E-state index < -0.39 is 0 Å². The summed E-state index contributed by atoms with van der Waals surface area (Å²) >= 11 is 0. The van der Waals surface area contributed by atoms with E-state index in [1.807, 2.05) is 0 Å². The van der Waals surface area contributed by atoms with Gasteiger partial charge in [-0.05, 0) is 12.8 Å². The maximum atomic E-state index is 8.29. The molecule has 0 aromatic carbocycles. The van der Waals surface area contributed by atoms with Gasteiger partial charge < -0.3 is 10.1 Å². The summed E-state index contributed by atoms with van der Waals surface area (Å²) in [7, 11) is 0. The van der Waals surface area contributed by atoms with Gasteiger partial charge in [0.25, 0.3) is 0 Å². The fourth-order valence-electron chi connectivity index (χ4n) is 1.21. The van der Waals surface area contributed by atoms with E-state index in [-0.39, 0.29) is 0 Å². The number of hydrogen-bond donors (Lipinski definition) is 1. The molecule has 1 N–H and O–H groups in total. The van der Waals surface area contributed by atoms with Crippen molar-refractivity contribution in [3.63, 3.8) is 0 Å². The van der Waals surface area contributed by atoms with E-state index in [1.165, 1.54) is 0 Å². The summed E-state index contributed by atoms with van der Waals surface area (Å²) in [6, 6.07) is 2.13. The van der Waals surface area contributed by atoms with Gasteiger partial charge in [-0.25, -0.2) is 0 Å². The molecule has 11 heavy (non-hydrogen) atoms. The van der Waals surface area contributed by atoms with E-state index in [4.69, 9.17) is 10.00 Å². The quantitative estimate of drug-likeness (QED) is 0.608. The van der Waals surface area contributed by atoms with Gasteiger partial charge in [0.05, 0.1) is 18.8 Å². The molecule has 1 fully saturated rings. The first kappa shape index (κ1) is 8.51. The largest absolute Gasteiger partial charge is 0.376 e. The molecule has 1 saturated heterocycles. The Balaban J connectivity index is 2.01. The van der Waals surface area contributed by atoms with E-state index in [0.717, 1.165) is 32.5 Å². The minimum Gasteiger partial charge on any atom is -0.376 e. The highest BCUT2D eigenvalue weighted by Gasteiger charge is 2.11. The molecular formula is C8H14N2O. The summed E-state index contributed by atoms with van der Waals surface area (Å²) in [6.07, 6.45) is 2.97. The number of ether oxygens (including phenoxy) is 1. The van der Waals surface area contributed by atoms with Gasteiger partial charge in [0.1, 0.15) is 0 Å². The summed E-state index contributed by atoms with van der Waals surface area (Å²) in [6.45, 7) is 2.73. The van der Waals surface area contributed by atoms with Crippen molar-refractivity contribution in [3.8, 4) is 6.07 Å². The number of nitrogens with one attached hydrogen (secondary N) is 1. The van der Waals surface area contributed by atoms with Gasteiger partial charge in [0.15, 0.2) is 0 Å². The molecule has 0 spiro atoms. The van der Waals surface area contributed by atoms with Crippen LogP contribution in [0.1, 0.15) is 19.3 Å². The Bertz CT molecular complexity index is 136. The first-order valence-electron chi connectivity index (χ1n) is 4.13. The van der Waals surface area contributed by atoms with Crippen LogP contribution in [0.3, 0.4) is 0 Å². The molecule has 1 unspecified atom stereocenters. The van der Waals surface area contributed by atoms with Crippen LogP contribution in [-0.4, -0.2) is 25.8 Å². The van der Waals surface area contributed by atoms with Crippen LogP contribution in [0.5, 0.6) is 0 Å². The zero-order valence-electron chi connectivity index (χ0n) is 6.68. The standard InChI is InChI=1S/C8H14N2O/c9-4-2-1-3-8-7-10-5-6-11-8/h8,10H,1-3,5-7H2. The lowest BCUT2D eigenvalue weighted by Gasteiger charge is -2.22. The number of nitriles is 1. The summed E-state index contributed by atoms with van der Waals surface area (Å²) < 4.78 is 5.45. The highest BCUT2D eigenvalue weighted by atomic mass is 16.5. The molecule has 1 aliphatic rings. The van der Waals surface area contributed by atoms with Crippen molar-refractivity contribution in [2.24, 2.45) is 0 Å². The first-order valence-corrected chi connectivity index (χ1v) is 4.13. The molecule has 0 aliphatic carbocycles. The number of nitrogens with zero attached hydrogens (tertiary/aromatic N) is 1. The number of rotatable bonds is 3. The van der Waals surface area contributed by atoms with Crippen molar-refractivity contribution in [1.82, 2.24) is 5.32 Å². The van der Waals surface area contributed by atoms with Crippen molar-refractivity contribution in [2.45, 2.75) is 25.4 Å². The van der Waals surface area contributed by atoms with Crippen molar-refractivity contribution >= 4 is 0 Å². The average Bonchev–Trinajstić information content (AvgIpc) is 2.07. The van der Waals surface area contributed by atoms with Crippen LogP contribution in [-0.2, 0) is 4.74 Å². The Hall–Kier alpha value is -0.590. The van der Waals surface area contributed by atoms with E-state index in [0.29, 0.717) is 12.5 Å². The van der Waals surface area contributed by atoms with Crippen molar-refractivity contribution in [1.29, 1.82) is 5.26 Å². The lowest BCUT2D eigenvalue weighted by Crippen LogP contribution is -2.38. The molecule has 0 amide bonds. The third kappa shape index (κ3) is 3.35. The van der Waals surface area contributed by atoms with Gasteiger partial charge in [0.2, 0.25) is 0 Å². The van der Waals surface area contributed by atoms with Crippen molar-refractivity contribution < 1.29 is 4.74 Å². The Morgan fingerprint density at radius 2 is 2.55 bits per heavy atom. The normalized spacial score (nSPS) is 24.5. The summed E-state index contributed by atoms with van der Waals surface area (Å²) in [5, 5.41) is 11.5. The van der Waals surface area contributed by atoms with Crippen LogP contribution in [0.15, 0.2) is 0 Å². The average molecular weight is 154 g/mol. The number of hydrogen-bond acceptors (Lipinski definition) is 3. The Labute approximate surface area is 67.3 Å². The molecule has 0 saturated carbocycles. The second-order valence-corrected chi connectivity index (χ2v) is 2.75. The minimum atomic E-state index is 0.345. The predicted molar refractivity (Wildman–Crippen MR) is 42.1 cm³/mol. The molecule has 1 rings (SSSR count). The predicted octanol–water partition coefficient (Wildman–Crippen LogP) is 0.669. The zero-order chi connectivity index (χ0) is 7.94. The molecule has 0 aromatic heterocycles. The fraction of sp³-hybridized carbons (Fsp3) is 0.875.